The Morgan fingerprint density at radius 1 is 1.26 bits per heavy atom. The van der Waals surface area contributed by atoms with Gasteiger partial charge in [0.25, 0.3) is 5.56 Å². The van der Waals surface area contributed by atoms with Gasteiger partial charge in [0.05, 0.1) is 22.5 Å². The third kappa shape index (κ3) is 4.85. The fraction of sp³-hybridized carbons (Fsp3) is 0.318. The highest BCUT2D eigenvalue weighted by Gasteiger charge is 2.27. The van der Waals surface area contributed by atoms with Gasteiger partial charge in [0.1, 0.15) is 11.6 Å². The topological polar surface area (TPSA) is 82.3 Å². The third-order valence-electron chi connectivity index (χ3n) is 5.00. The van der Waals surface area contributed by atoms with Gasteiger partial charge < -0.3 is 15.2 Å². The van der Waals surface area contributed by atoms with Gasteiger partial charge in [0.15, 0.2) is 5.78 Å². The number of allylic oxidation sites excluding steroid dienone is 2. The number of halogens is 3. The molecule has 0 saturated carbocycles. The molecule has 1 aromatic carbocycles. The van der Waals surface area contributed by atoms with Crippen LogP contribution in [0.25, 0.3) is 10.8 Å². The normalized spacial score (nSPS) is 17.1. The van der Waals surface area contributed by atoms with Gasteiger partial charge in [-0.2, -0.15) is 0 Å². The van der Waals surface area contributed by atoms with E-state index in [1.807, 2.05) is 13.8 Å². The number of fused-ring (bicyclic) bond motifs is 1. The van der Waals surface area contributed by atoms with Crippen LogP contribution in [0.4, 0.5) is 13.6 Å². The molecule has 1 aliphatic carbocycles. The van der Waals surface area contributed by atoms with Crippen LogP contribution in [0.1, 0.15) is 32.4 Å². The van der Waals surface area contributed by atoms with E-state index in [1.54, 1.807) is 6.92 Å². The van der Waals surface area contributed by atoms with Gasteiger partial charge in [-0.25, -0.2) is 13.6 Å². The number of nitrogens with zero attached hydrogens (tertiary/aromatic N) is 1. The molecule has 0 bridgehead atoms. The molecule has 1 aromatic heterocycles. The monoisotopic (exact) mass is 449 g/mol. The van der Waals surface area contributed by atoms with Crippen LogP contribution in [0.2, 0.25) is 0 Å². The van der Waals surface area contributed by atoms with Crippen molar-refractivity contribution in [1.82, 2.24) is 15.2 Å². The Morgan fingerprint density at radius 3 is 2.61 bits per heavy atom. The van der Waals surface area contributed by atoms with Crippen molar-refractivity contribution in [3.8, 4) is 0 Å². The van der Waals surface area contributed by atoms with Crippen LogP contribution in [-0.4, -0.2) is 34.3 Å². The van der Waals surface area contributed by atoms with E-state index < -0.39 is 35.3 Å². The Balaban J connectivity index is 1.99. The molecule has 0 aliphatic heterocycles. The first-order chi connectivity index (χ1) is 14.6. The number of urea groups is 1. The molecular formula is C22H22ClF2N3O3. The molecule has 9 heteroatoms. The maximum Gasteiger partial charge on any atom is 0.318 e. The van der Waals surface area contributed by atoms with E-state index in [-0.39, 0.29) is 27.5 Å². The molecule has 0 spiro atoms. The second-order valence-electron chi connectivity index (χ2n) is 7.82. The van der Waals surface area contributed by atoms with Crippen LogP contribution in [0.5, 0.6) is 0 Å². The third-order valence-corrected chi connectivity index (χ3v) is 5.31. The van der Waals surface area contributed by atoms with Gasteiger partial charge in [0.2, 0.25) is 0 Å². The minimum Gasteiger partial charge on any atom is -0.328 e. The van der Waals surface area contributed by atoms with Gasteiger partial charge in [0, 0.05) is 18.8 Å². The lowest BCUT2D eigenvalue weighted by molar-refractivity contribution is -0.110. The number of rotatable bonds is 5. The second-order valence-corrected chi connectivity index (χ2v) is 8.23. The summed E-state index contributed by atoms with van der Waals surface area (Å²) in [6, 6.07) is 0.0703. The number of nitrogens with one attached hydrogen (secondary N) is 2. The van der Waals surface area contributed by atoms with Gasteiger partial charge >= 0.3 is 6.03 Å². The molecule has 164 valence electrons. The van der Waals surface area contributed by atoms with Crippen LogP contribution in [0, 0.1) is 17.6 Å². The van der Waals surface area contributed by atoms with Crippen molar-refractivity contribution in [1.29, 1.82) is 0 Å². The second kappa shape index (κ2) is 9.01. The quantitative estimate of drug-likeness (QED) is 0.718. The average Bonchev–Trinajstić information content (AvgIpc) is 2.68. The van der Waals surface area contributed by atoms with Crippen molar-refractivity contribution in [2.75, 3.05) is 6.54 Å². The van der Waals surface area contributed by atoms with E-state index in [9.17, 15) is 23.2 Å². The van der Waals surface area contributed by atoms with Crippen LogP contribution in [0.3, 0.4) is 0 Å². The number of ketones is 1. The van der Waals surface area contributed by atoms with Crippen LogP contribution >= 0.6 is 11.6 Å². The molecule has 31 heavy (non-hydrogen) atoms. The zero-order chi connectivity index (χ0) is 22.9. The van der Waals surface area contributed by atoms with Gasteiger partial charge in [-0.3, -0.25) is 9.59 Å². The minimum absolute atomic E-state index is 0.00818. The lowest BCUT2D eigenvalue weighted by atomic mass is 10.00. The zero-order valence-electron chi connectivity index (χ0n) is 17.2. The van der Waals surface area contributed by atoms with E-state index in [0.29, 0.717) is 18.2 Å². The summed E-state index contributed by atoms with van der Waals surface area (Å²) in [5.74, 6) is -2.05. The van der Waals surface area contributed by atoms with Crippen molar-refractivity contribution in [2.24, 2.45) is 5.92 Å². The maximum absolute atomic E-state index is 14.3. The Labute approximate surface area is 182 Å². The molecule has 2 N–H and O–H groups in total. The van der Waals surface area contributed by atoms with Gasteiger partial charge in [-0.15, -0.1) is 0 Å². The molecule has 2 atom stereocenters. The molecule has 0 fully saturated rings. The number of pyridine rings is 1. The number of amides is 2. The van der Waals surface area contributed by atoms with E-state index in [2.05, 4.69) is 10.3 Å². The van der Waals surface area contributed by atoms with Crippen molar-refractivity contribution in [2.45, 2.75) is 32.9 Å². The summed E-state index contributed by atoms with van der Waals surface area (Å²) in [6.45, 7) is 5.89. The summed E-state index contributed by atoms with van der Waals surface area (Å²) in [5.41, 5.74) is -0.285. The summed E-state index contributed by atoms with van der Waals surface area (Å²) in [7, 11) is 0. The molecule has 3 rings (SSSR count). The number of benzene rings is 1. The first kappa shape index (κ1) is 22.7. The highest BCUT2D eigenvalue weighted by atomic mass is 35.5. The predicted octanol–water partition coefficient (Wildman–Crippen LogP) is 4.17. The molecule has 2 aromatic rings. The standard InChI is InChI=1S/C22H22ClF2N3O3/c1-11(2)10-28(22(31)27-14-4-5-19(29)17(23)8-14)12(3)16-9-26-21(30)20-15(16)6-13(24)7-18(20)25/h4-9,11-12,14H,10H2,1-3H3,(H,26,30)(H,27,31). The number of hydrogen-bond donors (Lipinski definition) is 2. The van der Waals surface area contributed by atoms with Gasteiger partial charge in [-0.1, -0.05) is 31.5 Å². The largest absolute Gasteiger partial charge is 0.328 e. The maximum atomic E-state index is 14.3. The van der Waals surface area contributed by atoms with Crippen molar-refractivity contribution in [3.63, 3.8) is 0 Å². The first-order valence-corrected chi connectivity index (χ1v) is 10.1. The highest BCUT2D eigenvalue weighted by molar-refractivity contribution is 6.44. The fourth-order valence-corrected chi connectivity index (χ4v) is 3.73. The van der Waals surface area contributed by atoms with Crippen molar-refractivity contribution in [3.05, 3.63) is 69.1 Å². The number of aromatic nitrogens is 1. The van der Waals surface area contributed by atoms with E-state index in [1.165, 1.54) is 29.3 Å². The average molecular weight is 450 g/mol. The van der Waals surface area contributed by atoms with Crippen LogP contribution < -0.4 is 10.9 Å². The fourth-order valence-electron chi connectivity index (χ4n) is 3.53. The van der Waals surface area contributed by atoms with E-state index in [4.69, 9.17) is 11.6 Å². The molecule has 1 heterocycles. The molecule has 2 unspecified atom stereocenters. The van der Waals surface area contributed by atoms with Crippen molar-refractivity contribution < 1.29 is 18.4 Å². The molecule has 0 saturated heterocycles. The van der Waals surface area contributed by atoms with Crippen molar-refractivity contribution >= 4 is 34.2 Å². The minimum atomic E-state index is -0.970. The predicted molar refractivity (Wildman–Crippen MR) is 115 cm³/mol. The van der Waals surface area contributed by atoms with Crippen LogP contribution in [0.15, 0.2) is 46.4 Å². The number of carbonyl (C=O) groups is 2. The Hall–Kier alpha value is -3.00. The zero-order valence-corrected chi connectivity index (χ0v) is 18.0. The first-order valence-electron chi connectivity index (χ1n) is 9.75. The lowest BCUT2D eigenvalue weighted by Gasteiger charge is -2.32. The number of carbonyl (C=O) groups excluding carboxylic acids is 2. The van der Waals surface area contributed by atoms with Crippen LogP contribution in [-0.2, 0) is 4.79 Å². The number of hydrogen-bond acceptors (Lipinski definition) is 3. The smallest absolute Gasteiger partial charge is 0.318 e. The van der Waals surface area contributed by atoms with E-state index >= 15 is 0 Å². The Kier molecular flexibility index (Phi) is 6.59. The molecular weight excluding hydrogens is 428 g/mol. The van der Waals surface area contributed by atoms with E-state index in [0.717, 1.165) is 6.07 Å². The molecule has 2 amide bonds. The summed E-state index contributed by atoms with van der Waals surface area (Å²) in [4.78, 5) is 40.7. The molecule has 0 radical (unpaired) electrons. The summed E-state index contributed by atoms with van der Waals surface area (Å²) < 4.78 is 28.2. The summed E-state index contributed by atoms with van der Waals surface area (Å²) in [6.07, 6.45) is 5.60. The Morgan fingerprint density at radius 2 is 1.97 bits per heavy atom. The highest BCUT2D eigenvalue weighted by Crippen LogP contribution is 2.29. The van der Waals surface area contributed by atoms with Gasteiger partial charge in [-0.05, 0) is 42.0 Å². The molecule has 6 nitrogen and oxygen atoms in total. The lowest BCUT2D eigenvalue weighted by Crippen LogP contribution is -2.46. The summed E-state index contributed by atoms with van der Waals surface area (Å²) >= 11 is 5.87. The number of H-pyrrole nitrogens is 1. The Bertz CT molecular complexity index is 1160. The number of aromatic amines is 1. The molecule has 1 aliphatic rings. The summed E-state index contributed by atoms with van der Waals surface area (Å²) in [5, 5.41) is 2.62. The SMILES string of the molecule is CC(C)CN(C(=O)NC1C=CC(=O)C(Cl)=C1)C(C)c1c[nH]c(=O)c2c(F)cc(F)cc12.